The number of para-hydroxylation sites is 2. The average molecular weight is 253 g/mol. The van der Waals surface area contributed by atoms with E-state index in [1.807, 2.05) is 54.6 Å². The molecule has 0 aromatic heterocycles. The molecule has 0 spiro atoms. The SMILES string of the molecule is O=C(CC1COc2ccccc21)Nc1ccccc1. The summed E-state index contributed by atoms with van der Waals surface area (Å²) in [5, 5.41) is 2.91. The smallest absolute Gasteiger partial charge is 0.225 e. The number of hydrogen-bond acceptors (Lipinski definition) is 2. The minimum absolute atomic E-state index is 0.0245. The highest BCUT2D eigenvalue weighted by molar-refractivity contribution is 5.91. The Balaban J connectivity index is 1.65. The van der Waals surface area contributed by atoms with Crippen molar-refractivity contribution in [2.24, 2.45) is 0 Å². The Morgan fingerprint density at radius 2 is 1.84 bits per heavy atom. The molecule has 1 unspecified atom stereocenters. The van der Waals surface area contributed by atoms with Gasteiger partial charge in [-0.15, -0.1) is 0 Å². The summed E-state index contributed by atoms with van der Waals surface area (Å²) in [6, 6.07) is 17.4. The second-order valence-electron chi connectivity index (χ2n) is 4.66. The van der Waals surface area contributed by atoms with Gasteiger partial charge in [0, 0.05) is 23.6 Å². The van der Waals surface area contributed by atoms with Crippen LogP contribution in [0.3, 0.4) is 0 Å². The summed E-state index contributed by atoms with van der Waals surface area (Å²) in [5.41, 5.74) is 1.96. The van der Waals surface area contributed by atoms with Crippen LogP contribution in [0.25, 0.3) is 0 Å². The van der Waals surface area contributed by atoms with Crippen LogP contribution in [0.1, 0.15) is 17.9 Å². The quantitative estimate of drug-likeness (QED) is 0.912. The Hall–Kier alpha value is -2.29. The highest BCUT2D eigenvalue weighted by Gasteiger charge is 2.25. The normalized spacial score (nSPS) is 16.5. The molecule has 1 aliphatic rings. The van der Waals surface area contributed by atoms with Crippen molar-refractivity contribution in [2.45, 2.75) is 12.3 Å². The van der Waals surface area contributed by atoms with Gasteiger partial charge in [-0.05, 0) is 18.2 Å². The lowest BCUT2D eigenvalue weighted by atomic mass is 9.97. The largest absolute Gasteiger partial charge is 0.493 e. The lowest BCUT2D eigenvalue weighted by Crippen LogP contribution is -2.16. The number of fused-ring (bicyclic) bond motifs is 1. The molecule has 2 aromatic carbocycles. The molecule has 3 rings (SSSR count). The number of carbonyl (C=O) groups excluding carboxylic acids is 1. The molecule has 1 N–H and O–H groups in total. The van der Waals surface area contributed by atoms with E-state index in [9.17, 15) is 4.79 Å². The maximum Gasteiger partial charge on any atom is 0.225 e. The number of anilines is 1. The molecule has 0 radical (unpaired) electrons. The van der Waals surface area contributed by atoms with Crippen molar-refractivity contribution in [2.75, 3.05) is 11.9 Å². The third-order valence-electron chi connectivity index (χ3n) is 3.29. The van der Waals surface area contributed by atoms with E-state index in [1.165, 1.54) is 0 Å². The zero-order valence-corrected chi connectivity index (χ0v) is 10.5. The molecule has 0 bridgehead atoms. The van der Waals surface area contributed by atoms with Crippen LogP contribution >= 0.6 is 0 Å². The number of ether oxygens (including phenoxy) is 1. The van der Waals surface area contributed by atoms with Crippen LogP contribution in [0.2, 0.25) is 0 Å². The third kappa shape index (κ3) is 2.60. The average Bonchev–Trinajstić information content (AvgIpc) is 2.83. The van der Waals surface area contributed by atoms with Crippen LogP contribution in [0.15, 0.2) is 54.6 Å². The molecule has 1 amide bonds. The van der Waals surface area contributed by atoms with Crippen molar-refractivity contribution in [1.29, 1.82) is 0 Å². The molecule has 2 aromatic rings. The Kier molecular flexibility index (Phi) is 3.19. The van der Waals surface area contributed by atoms with E-state index in [0.717, 1.165) is 17.0 Å². The van der Waals surface area contributed by atoms with E-state index in [-0.39, 0.29) is 11.8 Å². The van der Waals surface area contributed by atoms with Gasteiger partial charge in [0.15, 0.2) is 0 Å². The molecule has 1 aliphatic heterocycles. The second kappa shape index (κ2) is 5.14. The van der Waals surface area contributed by atoms with Crippen LogP contribution in [-0.2, 0) is 4.79 Å². The van der Waals surface area contributed by atoms with Crippen LogP contribution in [-0.4, -0.2) is 12.5 Å². The topological polar surface area (TPSA) is 38.3 Å². The third-order valence-corrected chi connectivity index (χ3v) is 3.29. The molecule has 1 heterocycles. The fourth-order valence-corrected chi connectivity index (χ4v) is 2.36. The fraction of sp³-hybridized carbons (Fsp3) is 0.188. The summed E-state index contributed by atoms with van der Waals surface area (Å²) in [4.78, 5) is 12.0. The molecule has 1 atom stereocenters. The standard InChI is InChI=1S/C16H15NO2/c18-16(17-13-6-2-1-3-7-13)10-12-11-19-15-9-5-4-8-14(12)15/h1-9,12H,10-11H2,(H,17,18). The zero-order valence-electron chi connectivity index (χ0n) is 10.5. The van der Waals surface area contributed by atoms with Crippen LogP contribution in [0.5, 0.6) is 5.75 Å². The van der Waals surface area contributed by atoms with Crippen molar-refractivity contribution < 1.29 is 9.53 Å². The Bertz CT molecular complexity index is 580. The number of benzene rings is 2. The Morgan fingerprint density at radius 3 is 2.68 bits per heavy atom. The van der Waals surface area contributed by atoms with E-state index in [0.29, 0.717) is 13.0 Å². The van der Waals surface area contributed by atoms with Crippen molar-refractivity contribution in [3.8, 4) is 5.75 Å². The van der Waals surface area contributed by atoms with Crippen LogP contribution < -0.4 is 10.1 Å². The van der Waals surface area contributed by atoms with Gasteiger partial charge in [0.1, 0.15) is 5.75 Å². The first kappa shape index (κ1) is 11.8. The van der Waals surface area contributed by atoms with Gasteiger partial charge < -0.3 is 10.1 Å². The number of hydrogen-bond donors (Lipinski definition) is 1. The molecule has 0 fully saturated rings. The molecule has 0 saturated heterocycles. The summed E-state index contributed by atoms with van der Waals surface area (Å²) in [7, 11) is 0. The van der Waals surface area contributed by atoms with E-state index >= 15 is 0 Å². The first-order chi connectivity index (χ1) is 9.33. The van der Waals surface area contributed by atoms with Crippen molar-refractivity contribution in [3.63, 3.8) is 0 Å². The Morgan fingerprint density at radius 1 is 1.11 bits per heavy atom. The van der Waals surface area contributed by atoms with Crippen molar-refractivity contribution in [3.05, 3.63) is 60.2 Å². The van der Waals surface area contributed by atoms with E-state index in [2.05, 4.69) is 5.32 Å². The predicted octanol–water partition coefficient (Wildman–Crippen LogP) is 3.19. The summed E-state index contributed by atoms with van der Waals surface area (Å²) in [6.45, 7) is 0.585. The Labute approximate surface area is 112 Å². The fourth-order valence-electron chi connectivity index (χ4n) is 2.36. The molecule has 3 nitrogen and oxygen atoms in total. The molecule has 3 heteroatoms. The van der Waals surface area contributed by atoms with Crippen molar-refractivity contribution >= 4 is 11.6 Å². The number of carbonyl (C=O) groups is 1. The van der Waals surface area contributed by atoms with Gasteiger partial charge in [-0.1, -0.05) is 36.4 Å². The molecular weight excluding hydrogens is 238 g/mol. The summed E-state index contributed by atoms with van der Waals surface area (Å²) < 4.78 is 5.58. The number of nitrogens with one attached hydrogen (secondary N) is 1. The van der Waals surface area contributed by atoms with E-state index < -0.39 is 0 Å². The minimum Gasteiger partial charge on any atom is -0.493 e. The van der Waals surface area contributed by atoms with E-state index in [1.54, 1.807) is 0 Å². The lowest BCUT2D eigenvalue weighted by Gasteiger charge is -2.09. The highest BCUT2D eigenvalue weighted by atomic mass is 16.5. The van der Waals surface area contributed by atoms with Gasteiger partial charge in [-0.25, -0.2) is 0 Å². The lowest BCUT2D eigenvalue weighted by molar-refractivity contribution is -0.116. The van der Waals surface area contributed by atoms with Gasteiger partial charge in [0.25, 0.3) is 0 Å². The van der Waals surface area contributed by atoms with Crippen LogP contribution in [0.4, 0.5) is 5.69 Å². The number of rotatable bonds is 3. The van der Waals surface area contributed by atoms with Gasteiger partial charge in [-0.3, -0.25) is 4.79 Å². The van der Waals surface area contributed by atoms with Crippen molar-refractivity contribution in [1.82, 2.24) is 0 Å². The van der Waals surface area contributed by atoms with Gasteiger partial charge in [-0.2, -0.15) is 0 Å². The first-order valence-electron chi connectivity index (χ1n) is 6.39. The molecule has 19 heavy (non-hydrogen) atoms. The van der Waals surface area contributed by atoms with Gasteiger partial charge in [0.05, 0.1) is 6.61 Å². The predicted molar refractivity (Wildman–Crippen MR) is 74.4 cm³/mol. The van der Waals surface area contributed by atoms with Gasteiger partial charge >= 0.3 is 0 Å². The van der Waals surface area contributed by atoms with Crippen LogP contribution in [0, 0.1) is 0 Å². The summed E-state index contributed by atoms with van der Waals surface area (Å²) in [5.74, 6) is 1.08. The highest BCUT2D eigenvalue weighted by Crippen LogP contribution is 2.35. The minimum atomic E-state index is 0.0245. The first-order valence-corrected chi connectivity index (χ1v) is 6.39. The number of amides is 1. The molecule has 0 aliphatic carbocycles. The maximum absolute atomic E-state index is 12.0. The maximum atomic E-state index is 12.0. The van der Waals surface area contributed by atoms with Gasteiger partial charge in [0.2, 0.25) is 5.91 Å². The monoisotopic (exact) mass is 253 g/mol. The summed E-state index contributed by atoms with van der Waals surface area (Å²) in [6.07, 6.45) is 0.450. The van der Waals surface area contributed by atoms with E-state index in [4.69, 9.17) is 4.74 Å². The molecule has 0 saturated carbocycles. The zero-order chi connectivity index (χ0) is 13.1. The summed E-state index contributed by atoms with van der Waals surface area (Å²) >= 11 is 0. The molecule has 96 valence electrons. The second-order valence-corrected chi connectivity index (χ2v) is 4.66. The molecular formula is C16H15NO2.